The number of amides is 2. The van der Waals surface area contributed by atoms with Crippen molar-refractivity contribution in [2.75, 3.05) is 51.4 Å². The third-order valence-corrected chi connectivity index (χ3v) is 11.7. The molecular formula is C51H50N12O5. The average Bonchev–Trinajstić information content (AvgIpc) is 4.20. The number of allylic oxidation sites excluding steroid dienone is 1. The van der Waals surface area contributed by atoms with Gasteiger partial charge in [0.2, 0.25) is 11.8 Å². The van der Waals surface area contributed by atoms with Gasteiger partial charge < -0.3 is 35.5 Å². The van der Waals surface area contributed by atoms with Gasteiger partial charge in [-0.05, 0) is 98.6 Å². The number of nitrogens with zero attached hydrogens (tertiary/aromatic N) is 10. The second kappa shape index (κ2) is 20.4. The van der Waals surface area contributed by atoms with Crippen LogP contribution in [0.25, 0.3) is 44.6 Å². The summed E-state index contributed by atoms with van der Waals surface area (Å²) in [6, 6.07) is 34.7. The molecule has 17 heteroatoms. The number of fused-ring (bicyclic) bond motifs is 2. The van der Waals surface area contributed by atoms with Crippen LogP contribution in [0.5, 0.6) is 23.0 Å². The number of nitrogens with two attached hydrogens (primary N) is 2. The molecule has 68 heavy (non-hydrogen) atoms. The van der Waals surface area contributed by atoms with E-state index >= 15 is 0 Å². The molecule has 2 fully saturated rings. The number of likely N-dealkylation sites (tertiary alicyclic amines) is 2. The highest BCUT2D eigenvalue weighted by molar-refractivity contribution is 5.99. The lowest BCUT2D eigenvalue weighted by atomic mass is 10.1. The van der Waals surface area contributed by atoms with Gasteiger partial charge >= 0.3 is 0 Å². The first-order valence-corrected chi connectivity index (χ1v) is 22.3. The van der Waals surface area contributed by atoms with E-state index in [-0.39, 0.29) is 23.9 Å². The van der Waals surface area contributed by atoms with Crippen LogP contribution in [-0.2, 0) is 14.3 Å². The van der Waals surface area contributed by atoms with Crippen molar-refractivity contribution in [3.05, 3.63) is 146 Å². The van der Waals surface area contributed by atoms with Gasteiger partial charge in [0.05, 0.1) is 29.5 Å². The van der Waals surface area contributed by atoms with Gasteiger partial charge in [0.15, 0.2) is 11.3 Å². The minimum absolute atomic E-state index is 0.0130. The molecule has 2 atom stereocenters. The molecule has 0 saturated carbocycles. The number of hydrogen-bond donors (Lipinski definition) is 2. The molecule has 10 rings (SSSR count). The van der Waals surface area contributed by atoms with Crippen LogP contribution >= 0.6 is 0 Å². The predicted molar refractivity (Wildman–Crippen MR) is 260 cm³/mol. The summed E-state index contributed by atoms with van der Waals surface area (Å²) in [6.45, 7) is 4.68. The molecule has 2 amide bonds. The predicted octanol–water partition coefficient (Wildman–Crippen LogP) is 8.06. The maximum Gasteiger partial charge on any atom is 0.246 e. The molecule has 4 aromatic carbocycles. The third kappa shape index (κ3) is 9.73. The van der Waals surface area contributed by atoms with E-state index < -0.39 is 0 Å². The summed E-state index contributed by atoms with van der Waals surface area (Å²) in [4.78, 5) is 45.8. The molecule has 8 aromatic rings. The van der Waals surface area contributed by atoms with Crippen LogP contribution in [0.3, 0.4) is 0 Å². The number of methoxy groups -OCH3 is 1. The van der Waals surface area contributed by atoms with Gasteiger partial charge in [-0.2, -0.15) is 10.2 Å². The van der Waals surface area contributed by atoms with Crippen molar-refractivity contribution < 1.29 is 23.8 Å². The smallest absolute Gasteiger partial charge is 0.246 e. The quantitative estimate of drug-likeness (QED) is 0.111. The highest BCUT2D eigenvalue weighted by Gasteiger charge is 2.32. The summed E-state index contributed by atoms with van der Waals surface area (Å²) in [5.74, 6) is 3.72. The van der Waals surface area contributed by atoms with Gasteiger partial charge in [0.1, 0.15) is 58.7 Å². The Morgan fingerprint density at radius 3 is 1.46 bits per heavy atom. The number of anilines is 2. The number of ether oxygens (including phenoxy) is 3. The first-order valence-electron chi connectivity index (χ1n) is 22.3. The van der Waals surface area contributed by atoms with Gasteiger partial charge in [-0.15, -0.1) is 0 Å². The van der Waals surface area contributed by atoms with Crippen molar-refractivity contribution in [1.29, 1.82) is 0 Å². The molecule has 0 aliphatic carbocycles. The Balaban J connectivity index is 0.000000170. The fourth-order valence-electron chi connectivity index (χ4n) is 8.40. The summed E-state index contributed by atoms with van der Waals surface area (Å²) in [5, 5.41) is 11.2. The van der Waals surface area contributed by atoms with E-state index in [2.05, 4.69) is 19.9 Å². The zero-order valence-electron chi connectivity index (χ0n) is 37.6. The van der Waals surface area contributed by atoms with Crippen molar-refractivity contribution in [3.63, 3.8) is 0 Å². The zero-order valence-corrected chi connectivity index (χ0v) is 37.6. The molecule has 344 valence electrons. The standard InChI is InChI=1S/C26H26N6O3.C25H24N6O2/c1-34-15-5-8-22(33)31-14-13-19(16-31)32-26-23(25(27)28-17-29-26)24(30-32)18-9-11-21(12-10-18)35-20-6-3-2-4-7-20;1-2-6-21(32)30-14-13-18(15-30)31-25-22(24(26)27-16-28-25)23(29-31)17-9-11-20(12-10-17)33-19-7-4-3-5-8-19/h2-12,17,19H,13-16H2,1H3,(H2,27,28,29);2-12,16,18H,13-15H2,1H3,(H2,26,27,28)/b8-5+;6-2+. The van der Waals surface area contributed by atoms with Crippen LogP contribution < -0.4 is 20.9 Å². The van der Waals surface area contributed by atoms with E-state index in [1.807, 2.05) is 135 Å². The fraction of sp³-hybridized carbons (Fsp3) is 0.216. The molecule has 0 spiro atoms. The number of carbonyl (C=O) groups excluding carboxylic acids is 2. The number of aromatic nitrogens is 8. The van der Waals surface area contributed by atoms with E-state index in [0.717, 1.165) is 47.0 Å². The highest BCUT2D eigenvalue weighted by Crippen LogP contribution is 2.37. The second-order valence-corrected chi connectivity index (χ2v) is 16.2. The Kier molecular flexibility index (Phi) is 13.4. The molecule has 4 N–H and O–H groups in total. The average molecular weight is 911 g/mol. The maximum atomic E-state index is 12.5. The monoisotopic (exact) mass is 910 g/mol. The highest BCUT2D eigenvalue weighted by atomic mass is 16.5. The Labute approximate surface area is 392 Å². The van der Waals surface area contributed by atoms with Crippen LogP contribution in [0.15, 0.2) is 146 Å². The first kappa shape index (κ1) is 44.7. The number of rotatable bonds is 12. The van der Waals surface area contributed by atoms with Crippen molar-refractivity contribution in [2.45, 2.75) is 31.8 Å². The van der Waals surface area contributed by atoms with E-state index in [1.165, 1.54) is 12.7 Å². The zero-order chi connectivity index (χ0) is 47.0. The number of para-hydroxylation sites is 2. The largest absolute Gasteiger partial charge is 0.457 e. The van der Waals surface area contributed by atoms with Crippen LogP contribution in [-0.4, -0.2) is 101 Å². The Hall–Kier alpha value is -8.44. The Bertz CT molecular complexity index is 3080. The minimum Gasteiger partial charge on any atom is -0.457 e. The van der Waals surface area contributed by atoms with Gasteiger partial charge in [-0.1, -0.05) is 48.6 Å². The number of nitrogen functional groups attached to an aromatic ring is 2. The third-order valence-electron chi connectivity index (χ3n) is 11.7. The second-order valence-electron chi connectivity index (χ2n) is 16.2. The molecule has 6 heterocycles. The van der Waals surface area contributed by atoms with E-state index in [0.29, 0.717) is 77.9 Å². The van der Waals surface area contributed by atoms with E-state index in [1.54, 1.807) is 31.4 Å². The molecule has 2 aliphatic heterocycles. The number of carbonyl (C=O) groups is 2. The Morgan fingerprint density at radius 1 is 0.603 bits per heavy atom. The molecular weight excluding hydrogens is 861 g/mol. The molecule has 2 saturated heterocycles. The number of hydrogen-bond acceptors (Lipinski definition) is 13. The molecule has 0 bridgehead atoms. The van der Waals surface area contributed by atoms with Gasteiger partial charge in [0, 0.05) is 50.5 Å². The Morgan fingerprint density at radius 2 is 1.03 bits per heavy atom. The van der Waals surface area contributed by atoms with Crippen LogP contribution in [0.1, 0.15) is 31.8 Å². The van der Waals surface area contributed by atoms with Gasteiger partial charge in [-0.3, -0.25) is 9.59 Å². The van der Waals surface area contributed by atoms with Crippen molar-refractivity contribution in [3.8, 4) is 45.5 Å². The van der Waals surface area contributed by atoms with E-state index in [9.17, 15) is 9.59 Å². The molecule has 2 aliphatic rings. The minimum atomic E-state index is -0.0376. The lowest BCUT2D eigenvalue weighted by Gasteiger charge is -2.15. The van der Waals surface area contributed by atoms with Crippen LogP contribution in [0.2, 0.25) is 0 Å². The summed E-state index contributed by atoms with van der Waals surface area (Å²) < 4.78 is 20.6. The lowest BCUT2D eigenvalue weighted by Crippen LogP contribution is -2.27. The summed E-state index contributed by atoms with van der Waals surface area (Å²) in [5.41, 5.74) is 17.0. The topological polar surface area (TPSA) is 208 Å². The van der Waals surface area contributed by atoms with Crippen molar-refractivity contribution in [2.24, 2.45) is 0 Å². The van der Waals surface area contributed by atoms with E-state index in [4.69, 9.17) is 35.9 Å². The molecule has 17 nitrogen and oxygen atoms in total. The first-order chi connectivity index (χ1) is 33.3. The molecule has 4 aromatic heterocycles. The van der Waals surface area contributed by atoms with Crippen molar-refractivity contribution >= 4 is 45.5 Å². The summed E-state index contributed by atoms with van der Waals surface area (Å²) in [7, 11) is 1.60. The SMILES string of the molecule is C/C=C/C(=O)N1CCC(n2nc(-c3ccc(Oc4ccccc4)cc3)c3c(N)ncnc32)C1.COC/C=C/C(=O)N1CCC(n2nc(-c3ccc(Oc4ccccc4)cc3)c3c(N)ncnc32)C1. The van der Waals surface area contributed by atoms with Crippen LogP contribution in [0.4, 0.5) is 11.6 Å². The van der Waals surface area contributed by atoms with Crippen LogP contribution in [0, 0.1) is 0 Å². The number of benzene rings is 4. The van der Waals surface area contributed by atoms with Gasteiger partial charge in [0.25, 0.3) is 0 Å². The van der Waals surface area contributed by atoms with Crippen molar-refractivity contribution in [1.82, 2.24) is 49.3 Å². The van der Waals surface area contributed by atoms with Gasteiger partial charge in [-0.25, -0.2) is 29.3 Å². The maximum absolute atomic E-state index is 12.5. The fourth-order valence-corrected chi connectivity index (χ4v) is 8.40. The normalized spacial score (nSPS) is 15.9. The molecule has 0 radical (unpaired) electrons. The molecule has 2 unspecified atom stereocenters. The lowest BCUT2D eigenvalue weighted by molar-refractivity contribution is -0.125. The summed E-state index contributed by atoms with van der Waals surface area (Å²) in [6.07, 6.45) is 11.1. The summed E-state index contributed by atoms with van der Waals surface area (Å²) >= 11 is 0.